The molecule has 1 aromatic carbocycles. The van der Waals surface area contributed by atoms with Crippen molar-refractivity contribution in [3.05, 3.63) is 40.3 Å². The van der Waals surface area contributed by atoms with E-state index < -0.39 is 0 Å². The molecule has 0 fully saturated rings. The fourth-order valence-electron chi connectivity index (χ4n) is 3.57. The molecule has 3 N–H and O–H groups in total. The number of hydrogen-bond donors (Lipinski definition) is 2. The van der Waals surface area contributed by atoms with E-state index in [0.717, 1.165) is 46.5 Å². The first-order valence-corrected chi connectivity index (χ1v) is 11.5. The second kappa shape index (κ2) is 8.49. The number of carbonyl (C=O) groups excluding carboxylic acids is 1. The minimum atomic E-state index is 0.0352. The molecular formula is C21H24N4OS2. The Labute approximate surface area is 173 Å². The summed E-state index contributed by atoms with van der Waals surface area (Å²) >= 11 is 3.34. The number of amides is 1. The molecule has 0 saturated heterocycles. The van der Waals surface area contributed by atoms with Crippen LogP contribution in [0.25, 0.3) is 10.2 Å². The highest BCUT2D eigenvalue weighted by molar-refractivity contribution is 7.99. The molecule has 0 saturated carbocycles. The molecule has 1 amide bonds. The summed E-state index contributed by atoms with van der Waals surface area (Å²) in [6, 6.07) is 7.84. The van der Waals surface area contributed by atoms with E-state index >= 15 is 0 Å². The lowest BCUT2D eigenvalue weighted by Gasteiger charge is -2.10. The molecule has 5 nitrogen and oxygen atoms in total. The van der Waals surface area contributed by atoms with Crippen LogP contribution in [0.5, 0.6) is 0 Å². The van der Waals surface area contributed by atoms with Gasteiger partial charge in [-0.1, -0.05) is 23.9 Å². The number of rotatable bonds is 6. The maximum atomic E-state index is 12.1. The zero-order valence-electron chi connectivity index (χ0n) is 16.0. The van der Waals surface area contributed by atoms with Crippen LogP contribution in [0.4, 0.5) is 11.5 Å². The Hall–Kier alpha value is -2.12. The van der Waals surface area contributed by atoms with Crippen molar-refractivity contribution in [2.75, 3.05) is 16.8 Å². The summed E-state index contributed by atoms with van der Waals surface area (Å²) < 4.78 is 0. The third-order valence-electron chi connectivity index (χ3n) is 4.90. The van der Waals surface area contributed by atoms with E-state index in [2.05, 4.69) is 10.3 Å². The molecule has 2 aromatic heterocycles. The van der Waals surface area contributed by atoms with Gasteiger partial charge in [0.2, 0.25) is 5.91 Å². The van der Waals surface area contributed by atoms with Gasteiger partial charge in [0.1, 0.15) is 10.6 Å². The second-order valence-corrected chi connectivity index (χ2v) is 9.30. The molecule has 2 heterocycles. The van der Waals surface area contributed by atoms with E-state index in [1.165, 1.54) is 23.3 Å². The molecule has 146 valence electrons. The van der Waals surface area contributed by atoms with Crippen molar-refractivity contribution < 1.29 is 4.79 Å². The fraction of sp³-hybridized carbons (Fsp3) is 0.381. The maximum Gasteiger partial charge on any atom is 0.224 e. The summed E-state index contributed by atoms with van der Waals surface area (Å²) in [5.41, 5.74) is 9.60. The first-order chi connectivity index (χ1) is 13.6. The lowest BCUT2D eigenvalue weighted by atomic mass is 9.97. The third-order valence-corrected chi connectivity index (χ3v) is 7.02. The van der Waals surface area contributed by atoms with Gasteiger partial charge in [-0.2, -0.15) is 0 Å². The van der Waals surface area contributed by atoms with Gasteiger partial charge < -0.3 is 11.1 Å². The minimum Gasteiger partial charge on any atom is -0.383 e. The molecule has 0 radical (unpaired) electrons. The molecule has 0 spiro atoms. The predicted octanol–water partition coefficient (Wildman–Crippen LogP) is 4.97. The maximum absolute atomic E-state index is 12.1. The van der Waals surface area contributed by atoms with Gasteiger partial charge in [0.15, 0.2) is 5.16 Å². The zero-order chi connectivity index (χ0) is 19.5. The number of thiophene rings is 1. The van der Waals surface area contributed by atoms with E-state index in [1.54, 1.807) is 23.1 Å². The summed E-state index contributed by atoms with van der Waals surface area (Å²) in [4.78, 5) is 23.8. The highest BCUT2D eigenvalue weighted by Gasteiger charge is 2.20. The van der Waals surface area contributed by atoms with Crippen LogP contribution in [0, 0.1) is 6.92 Å². The van der Waals surface area contributed by atoms with Crippen molar-refractivity contribution in [2.24, 2.45) is 0 Å². The van der Waals surface area contributed by atoms with Crippen molar-refractivity contribution in [1.82, 2.24) is 9.97 Å². The first kappa shape index (κ1) is 19.2. The number of anilines is 2. The van der Waals surface area contributed by atoms with E-state index in [0.29, 0.717) is 17.4 Å². The van der Waals surface area contributed by atoms with Crippen LogP contribution >= 0.6 is 23.1 Å². The Morgan fingerprint density at radius 2 is 2.14 bits per heavy atom. The van der Waals surface area contributed by atoms with Crippen molar-refractivity contribution in [1.29, 1.82) is 0 Å². The highest BCUT2D eigenvalue weighted by atomic mass is 32.2. The number of thioether (sulfide) groups is 1. The molecule has 3 aromatic rings. The second-order valence-electron chi connectivity index (χ2n) is 7.15. The Morgan fingerprint density at radius 1 is 1.29 bits per heavy atom. The number of aryl methyl sites for hydroxylation is 3. The lowest BCUT2D eigenvalue weighted by molar-refractivity contribution is -0.116. The average molecular weight is 413 g/mol. The van der Waals surface area contributed by atoms with Gasteiger partial charge in [0.25, 0.3) is 0 Å². The number of aromatic nitrogens is 2. The van der Waals surface area contributed by atoms with E-state index in [-0.39, 0.29) is 5.91 Å². The number of nitrogens with two attached hydrogens (primary N) is 1. The molecule has 1 aliphatic rings. The summed E-state index contributed by atoms with van der Waals surface area (Å²) in [7, 11) is 0. The Bertz CT molecular complexity index is 1020. The van der Waals surface area contributed by atoms with Crippen molar-refractivity contribution in [2.45, 2.75) is 50.6 Å². The number of nitrogen functional groups attached to an aromatic ring is 1. The highest BCUT2D eigenvalue weighted by Crippen LogP contribution is 2.38. The van der Waals surface area contributed by atoms with E-state index in [4.69, 9.17) is 10.7 Å². The largest absolute Gasteiger partial charge is 0.383 e. The summed E-state index contributed by atoms with van der Waals surface area (Å²) in [6.07, 6.45) is 5.94. The van der Waals surface area contributed by atoms with Crippen LogP contribution in [0.15, 0.2) is 29.4 Å². The van der Waals surface area contributed by atoms with Gasteiger partial charge in [-0.3, -0.25) is 4.79 Å². The van der Waals surface area contributed by atoms with Crippen molar-refractivity contribution in [3.8, 4) is 0 Å². The number of fused-ring (bicyclic) bond motifs is 3. The van der Waals surface area contributed by atoms with E-state index in [9.17, 15) is 4.79 Å². The van der Waals surface area contributed by atoms with Gasteiger partial charge in [-0.15, -0.1) is 11.3 Å². The van der Waals surface area contributed by atoms with Gasteiger partial charge in [0, 0.05) is 22.7 Å². The topological polar surface area (TPSA) is 80.9 Å². The SMILES string of the molecule is Cc1cccc(NC(=O)CCCSc2nc(N)c3c4c(sc3n2)CCCC4)c1. The number of hydrogen-bond acceptors (Lipinski definition) is 6. The molecule has 0 bridgehead atoms. The smallest absolute Gasteiger partial charge is 0.224 e. The number of nitrogens with one attached hydrogen (secondary N) is 1. The Kier molecular flexibility index (Phi) is 5.82. The molecule has 4 rings (SSSR count). The van der Waals surface area contributed by atoms with Crippen LogP contribution in [0.1, 0.15) is 41.7 Å². The molecular weight excluding hydrogens is 388 g/mol. The van der Waals surface area contributed by atoms with Crippen molar-refractivity contribution in [3.63, 3.8) is 0 Å². The number of nitrogens with zero attached hydrogens (tertiary/aromatic N) is 2. The molecule has 0 atom stereocenters. The lowest BCUT2D eigenvalue weighted by Crippen LogP contribution is -2.11. The monoisotopic (exact) mass is 412 g/mol. The van der Waals surface area contributed by atoms with Gasteiger partial charge >= 0.3 is 0 Å². The quantitative estimate of drug-likeness (QED) is 0.339. The number of carbonyl (C=O) groups is 1. The Balaban J connectivity index is 1.32. The third kappa shape index (κ3) is 4.31. The van der Waals surface area contributed by atoms with Crippen LogP contribution in [-0.2, 0) is 17.6 Å². The first-order valence-electron chi connectivity index (χ1n) is 9.67. The summed E-state index contributed by atoms with van der Waals surface area (Å²) in [5, 5.41) is 4.73. The molecule has 0 unspecified atom stereocenters. The van der Waals surface area contributed by atoms with Crippen LogP contribution in [0.3, 0.4) is 0 Å². The molecule has 1 aliphatic carbocycles. The Morgan fingerprint density at radius 3 is 3.00 bits per heavy atom. The predicted molar refractivity (Wildman–Crippen MR) is 118 cm³/mol. The van der Waals surface area contributed by atoms with Crippen LogP contribution in [-0.4, -0.2) is 21.6 Å². The standard InChI is InChI=1S/C21H24N4OS2/c1-13-6-4-7-14(12-13)23-17(26)10-5-11-27-21-24-19(22)18-15-8-2-3-9-16(15)28-20(18)25-21/h4,6-7,12H,2-3,5,8-11H2,1H3,(H,23,26)(H2,22,24,25). The fourth-order valence-corrected chi connectivity index (χ4v) is 5.69. The van der Waals surface area contributed by atoms with Crippen LogP contribution in [0.2, 0.25) is 0 Å². The summed E-state index contributed by atoms with van der Waals surface area (Å²) in [5.74, 6) is 1.43. The average Bonchev–Trinajstić information content (AvgIpc) is 3.04. The van der Waals surface area contributed by atoms with Crippen LogP contribution < -0.4 is 11.1 Å². The van der Waals surface area contributed by atoms with Crippen molar-refractivity contribution >= 4 is 50.7 Å². The van der Waals surface area contributed by atoms with Gasteiger partial charge in [-0.25, -0.2) is 9.97 Å². The number of benzene rings is 1. The van der Waals surface area contributed by atoms with Gasteiger partial charge in [0.05, 0.1) is 5.39 Å². The molecule has 28 heavy (non-hydrogen) atoms. The van der Waals surface area contributed by atoms with E-state index in [1.807, 2.05) is 31.2 Å². The summed E-state index contributed by atoms with van der Waals surface area (Å²) in [6.45, 7) is 2.01. The zero-order valence-corrected chi connectivity index (χ0v) is 17.6. The molecule has 7 heteroatoms. The minimum absolute atomic E-state index is 0.0352. The normalized spacial score (nSPS) is 13.5. The molecule has 0 aliphatic heterocycles. The van der Waals surface area contributed by atoms with Gasteiger partial charge in [-0.05, 0) is 62.3 Å².